The Morgan fingerprint density at radius 3 is 2.28 bits per heavy atom. The number of carbonyl (C=O) groups is 7. The number of carboxylic acid groups (broad SMARTS) is 1. The Bertz CT molecular complexity index is 1420. The van der Waals surface area contributed by atoms with Gasteiger partial charge in [0, 0.05) is 32.5 Å². The predicted molar refractivity (Wildman–Crippen MR) is 182 cm³/mol. The molecule has 274 valence electrons. The Hall–Kier alpha value is -5.22. The van der Waals surface area contributed by atoms with Gasteiger partial charge in [0.15, 0.2) is 5.96 Å². The first kappa shape index (κ1) is 39.2. The normalized spacial score (nSPS) is 24.9. The van der Waals surface area contributed by atoms with Gasteiger partial charge in [-0.15, -0.1) is 0 Å². The highest BCUT2D eigenvalue weighted by Crippen LogP contribution is 2.20. The molecule has 2 aliphatic rings. The summed E-state index contributed by atoms with van der Waals surface area (Å²) in [5.41, 5.74) is 11.6. The van der Waals surface area contributed by atoms with E-state index in [-0.39, 0.29) is 44.9 Å². The van der Waals surface area contributed by atoms with Gasteiger partial charge >= 0.3 is 5.97 Å². The van der Waals surface area contributed by atoms with Crippen molar-refractivity contribution in [1.29, 1.82) is 0 Å². The van der Waals surface area contributed by atoms with Crippen molar-refractivity contribution >= 4 is 47.4 Å². The van der Waals surface area contributed by atoms with Crippen molar-refractivity contribution in [3.8, 4) is 0 Å². The van der Waals surface area contributed by atoms with Crippen LogP contribution in [0.4, 0.5) is 0 Å². The Balaban J connectivity index is 2.00. The molecule has 17 heteroatoms. The second-order valence-corrected chi connectivity index (χ2v) is 12.6. The molecule has 0 aromatic heterocycles. The Labute approximate surface area is 290 Å². The van der Waals surface area contributed by atoms with E-state index in [9.17, 15) is 38.7 Å². The number of amides is 6. The van der Waals surface area contributed by atoms with Crippen molar-refractivity contribution in [3.05, 3.63) is 35.9 Å². The van der Waals surface area contributed by atoms with Crippen LogP contribution < -0.4 is 38.1 Å². The van der Waals surface area contributed by atoms with E-state index in [2.05, 4.69) is 31.6 Å². The lowest BCUT2D eigenvalue weighted by Gasteiger charge is -2.31. The predicted octanol–water partition coefficient (Wildman–Crippen LogP) is -1.75. The summed E-state index contributed by atoms with van der Waals surface area (Å²) in [4.78, 5) is 98.4. The molecule has 1 aromatic carbocycles. The lowest BCUT2D eigenvalue weighted by molar-refractivity contribution is -0.143. The van der Waals surface area contributed by atoms with Gasteiger partial charge in [-0.1, -0.05) is 50.6 Å². The second-order valence-electron chi connectivity index (χ2n) is 12.6. The van der Waals surface area contributed by atoms with Crippen molar-refractivity contribution in [2.75, 3.05) is 19.6 Å². The maximum atomic E-state index is 13.9. The van der Waals surface area contributed by atoms with Crippen LogP contribution in [0.15, 0.2) is 35.3 Å². The molecule has 10 N–H and O–H groups in total. The van der Waals surface area contributed by atoms with Crippen molar-refractivity contribution < 1.29 is 38.7 Å². The van der Waals surface area contributed by atoms with Crippen LogP contribution in [0.1, 0.15) is 64.4 Å². The number of aliphatic imine (C=N–C) groups is 1. The zero-order valence-electron chi connectivity index (χ0n) is 28.5. The first-order valence-electron chi connectivity index (χ1n) is 16.9. The second kappa shape index (κ2) is 19.1. The maximum Gasteiger partial charge on any atom is 0.305 e. The summed E-state index contributed by atoms with van der Waals surface area (Å²) in [6.45, 7) is 3.82. The molecule has 2 aliphatic heterocycles. The number of guanidine groups is 1. The SMILES string of the molecule is CC[C@H](C)[C@@H]1NC(=O)[C@H](CC(=O)O)NC(=O)[C@H](Cc2ccccc2)NC(=O)CCNC(=O)[C@@H]2CCCN2C(=O)[C@H](CCCN=C(N)N)NC1=O. The summed E-state index contributed by atoms with van der Waals surface area (Å²) in [5, 5.41) is 22.7. The molecule has 6 atom stereocenters. The van der Waals surface area contributed by atoms with E-state index in [0.717, 1.165) is 0 Å². The zero-order valence-corrected chi connectivity index (χ0v) is 28.5. The fraction of sp³-hybridized carbons (Fsp3) is 0.576. The van der Waals surface area contributed by atoms with Gasteiger partial charge in [0.25, 0.3) is 0 Å². The van der Waals surface area contributed by atoms with Crippen molar-refractivity contribution in [1.82, 2.24) is 31.5 Å². The molecule has 0 spiro atoms. The fourth-order valence-electron chi connectivity index (χ4n) is 5.88. The van der Waals surface area contributed by atoms with Gasteiger partial charge in [-0.2, -0.15) is 0 Å². The number of aliphatic carboxylic acids is 1. The molecule has 50 heavy (non-hydrogen) atoms. The van der Waals surface area contributed by atoms with Gasteiger partial charge in [0.1, 0.15) is 30.2 Å². The van der Waals surface area contributed by atoms with Crippen LogP contribution in [0.3, 0.4) is 0 Å². The Morgan fingerprint density at radius 1 is 0.940 bits per heavy atom. The average Bonchev–Trinajstić information content (AvgIpc) is 3.57. The van der Waals surface area contributed by atoms with Gasteiger partial charge in [0.2, 0.25) is 35.4 Å². The minimum absolute atomic E-state index is 0.0216. The summed E-state index contributed by atoms with van der Waals surface area (Å²) >= 11 is 0. The van der Waals surface area contributed by atoms with E-state index >= 15 is 0 Å². The number of nitrogens with zero attached hydrogens (tertiary/aromatic N) is 2. The molecule has 0 unspecified atom stereocenters. The largest absolute Gasteiger partial charge is 0.481 e. The molecular weight excluding hydrogens is 650 g/mol. The summed E-state index contributed by atoms with van der Waals surface area (Å²) < 4.78 is 0. The third-order valence-electron chi connectivity index (χ3n) is 8.79. The van der Waals surface area contributed by atoms with Gasteiger partial charge in [0.05, 0.1) is 6.42 Å². The van der Waals surface area contributed by atoms with E-state index < -0.39 is 84.0 Å². The molecule has 2 heterocycles. The van der Waals surface area contributed by atoms with E-state index in [1.807, 2.05) is 0 Å². The van der Waals surface area contributed by atoms with Crippen LogP contribution in [-0.4, -0.2) is 107 Å². The first-order valence-corrected chi connectivity index (χ1v) is 16.9. The number of fused-ring (bicyclic) bond motifs is 1. The number of carbonyl (C=O) groups excluding carboxylic acids is 6. The van der Waals surface area contributed by atoms with Crippen molar-refractivity contribution in [2.24, 2.45) is 22.4 Å². The number of nitrogens with two attached hydrogens (primary N) is 2. The summed E-state index contributed by atoms with van der Waals surface area (Å²) in [6, 6.07) is 2.76. The van der Waals surface area contributed by atoms with Crippen LogP contribution in [0.25, 0.3) is 0 Å². The third kappa shape index (κ3) is 11.7. The standard InChI is InChI=1S/C33H49N9O8/c1-3-19(2)27-31(49)39-21(11-7-14-37-33(34)35)32(50)42-16-8-12-24(42)30(48)36-15-13-25(43)38-22(17-20-9-5-4-6-10-20)28(46)40-23(18-26(44)45)29(47)41-27/h4-6,9-10,19,21-24,27H,3,7-8,11-18H2,1-2H3,(H,36,48)(H,38,43)(H,39,49)(H,40,46)(H,41,47)(H,44,45)(H4,34,35,37)/t19-,21-,22-,23-,24-,27-/m0/s1. The number of carboxylic acids is 1. The minimum Gasteiger partial charge on any atom is -0.481 e. The van der Waals surface area contributed by atoms with Crippen LogP contribution in [-0.2, 0) is 40.0 Å². The highest BCUT2D eigenvalue weighted by Gasteiger charge is 2.39. The van der Waals surface area contributed by atoms with Crippen molar-refractivity contribution in [3.63, 3.8) is 0 Å². The maximum absolute atomic E-state index is 13.9. The molecule has 2 fully saturated rings. The Kier molecular flexibility index (Phi) is 15.0. The minimum atomic E-state index is -1.61. The summed E-state index contributed by atoms with van der Waals surface area (Å²) in [6.07, 6.45) is 0.723. The highest BCUT2D eigenvalue weighted by molar-refractivity contribution is 5.98. The quantitative estimate of drug-likeness (QED) is 0.0776. The summed E-state index contributed by atoms with van der Waals surface area (Å²) in [7, 11) is 0. The lowest BCUT2D eigenvalue weighted by Crippen LogP contribution is -2.60. The number of hydrogen-bond donors (Lipinski definition) is 8. The third-order valence-corrected chi connectivity index (χ3v) is 8.79. The lowest BCUT2D eigenvalue weighted by atomic mass is 9.96. The molecule has 1 aromatic rings. The number of nitrogens with one attached hydrogen (secondary N) is 5. The van der Waals surface area contributed by atoms with E-state index in [4.69, 9.17) is 11.5 Å². The topological polar surface area (TPSA) is 268 Å². The average molecular weight is 700 g/mol. The molecule has 0 saturated carbocycles. The van der Waals surface area contributed by atoms with Crippen LogP contribution in [0.5, 0.6) is 0 Å². The van der Waals surface area contributed by atoms with Crippen LogP contribution in [0.2, 0.25) is 0 Å². The molecule has 2 saturated heterocycles. The Morgan fingerprint density at radius 2 is 1.62 bits per heavy atom. The highest BCUT2D eigenvalue weighted by atomic mass is 16.4. The van der Waals surface area contributed by atoms with E-state index in [1.165, 1.54) is 4.90 Å². The molecule has 3 rings (SSSR count). The van der Waals surface area contributed by atoms with E-state index in [0.29, 0.717) is 31.2 Å². The molecule has 6 amide bonds. The number of rotatable bonds is 10. The molecule has 0 bridgehead atoms. The molecule has 0 aliphatic carbocycles. The van der Waals surface area contributed by atoms with Crippen LogP contribution in [0, 0.1) is 5.92 Å². The number of benzene rings is 1. The molecular formula is C33H49N9O8. The van der Waals surface area contributed by atoms with E-state index in [1.54, 1.807) is 44.2 Å². The smallest absolute Gasteiger partial charge is 0.305 e. The first-order chi connectivity index (χ1) is 23.8. The molecule has 0 radical (unpaired) electrons. The monoisotopic (exact) mass is 699 g/mol. The number of hydrogen-bond acceptors (Lipinski definition) is 8. The van der Waals surface area contributed by atoms with Gasteiger partial charge in [-0.25, -0.2) is 0 Å². The van der Waals surface area contributed by atoms with Gasteiger partial charge in [-0.3, -0.25) is 38.6 Å². The van der Waals surface area contributed by atoms with Crippen LogP contribution >= 0.6 is 0 Å². The molecule has 17 nitrogen and oxygen atoms in total. The zero-order chi connectivity index (χ0) is 36.8. The fourth-order valence-corrected chi connectivity index (χ4v) is 5.88. The van der Waals surface area contributed by atoms with Gasteiger partial charge < -0.3 is 48.1 Å². The van der Waals surface area contributed by atoms with Crippen molar-refractivity contribution in [2.45, 2.75) is 95.4 Å². The van der Waals surface area contributed by atoms with Gasteiger partial charge in [-0.05, 0) is 37.2 Å². The summed E-state index contributed by atoms with van der Waals surface area (Å²) in [5.74, 6) is -6.03.